The number of carbonyl (C=O) groups excluding carboxylic acids is 1. The Morgan fingerprint density at radius 3 is 2.83 bits per heavy atom. The number of nitrogens with zero attached hydrogens (tertiary/aromatic N) is 2. The molecule has 1 N–H and O–H groups in total. The van der Waals surface area contributed by atoms with Gasteiger partial charge in [0, 0.05) is 11.1 Å². The number of nitrogens with one attached hydrogen (secondary N) is 1. The van der Waals surface area contributed by atoms with Gasteiger partial charge in [0.1, 0.15) is 11.0 Å². The highest BCUT2D eigenvalue weighted by molar-refractivity contribution is 8.00. The van der Waals surface area contributed by atoms with Crippen LogP contribution in [0, 0.1) is 0 Å². The van der Waals surface area contributed by atoms with E-state index >= 15 is 0 Å². The van der Waals surface area contributed by atoms with Crippen LogP contribution in [0.2, 0.25) is 0 Å². The normalized spacial score (nSPS) is 17.3. The quantitative estimate of drug-likeness (QED) is 0.557. The summed E-state index contributed by atoms with van der Waals surface area (Å²) in [5.74, 6) is 0.428. The van der Waals surface area contributed by atoms with Gasteiger partial charge < -0.3 is 5.32 Å². The molecule has 1 atom stereocenters. The summed E-state index contributed by atoms with van der Waals surface area (Å²) in [6, 6.07) is 10.3. The van der Waals surface area contributed by atoms with Crippen molar-refractivity contribution in [2.45, 2.75) is 30.8 Å². The molecule has 1 fully saturated rings. The minimum Gasteiger partial charge on any atom is -0.349 e. The summed E-state index contributed by atoms with van der Waals surface area (Å²) in [6.07, 6.45) is 0.615. The fourth-order valence-electron chi connectivity index (χ4n) is 3.24. The predicted octanol–water partition coefficient (Wildman–Crippen LogP) is 3.81. The number of rotatable bonds is 7. The van der Waals surface area contributed by atoms with Crippen molar-refractivity contribution < 1.29 is 13.2 Å². The number of aromatic nitrogens is 1. The Hall–Kier alpha value is -1.72. The van der Waals surface area contributed by atoms with Gasteiger partial charge in [0.2, 0.25) is 15.9 Å². The number of amides is 1. The summed E-state index contributed by atoms with van der Waals surface area (Å²) in [7, 11) is -3.74. The van der Waals surface area contributed by atoms with Crippen LogP contribution in [0.4, 0.5) is 0 Å². The molecule has 30 heavy (non-hydrogen) atoms. The SMILES string of the molecule is CCc1ccccc1S(=O)(=O)N1CSC[C@@H]1C(=O)NCc1csc(-c2cccs2)n1. The summed E-state index contributed by atoms with van der Waals surface area (Å²) in [5, 5.41) is 7.72. The lowest BCUT2D eigenvalue weighted by Crippen LogP contribution is -2.47. The van der Waals surface area contributed by atoms with Crippen molar-refractivity contribution in [2.24, 2.45) is 0 Å². The number of benzene rings is 1. The lowest BCUT2D eigenvalue weighted by atomic mass is 10.2. The van der Waals surface area contributed by atoms with Gasteiger partial charge in [-0.1, -0.05) is 31.2 Å². The second kappa shape index (κ2) is 9.19. The van der Waals surface area contributed by atoms with Crippen molar-refractivity contribution in [3.63, 3.8) is 0 Å². The molecule has 1 saturated heterocycles. The lowest BCUT2D eigenvalue weighted by Gasteiger charge is -2.23. The van der Waals surface area contributed by atoms with E-state index in [1.54, 1.807) is 23.5 Å². The van der Waals surface area contributed by atoms with E-state index < -0.39 is 16.1 Å². The first-order chi connectivity index (χ1) is 14.5. The van der Waals surface area contributed by atoms with Gasteiger partial charge in [-0.2, -0.15) is 4.31 Å². The van der Waals surface area contributed by atoms with E-state index in [0.717, 1.165) is 21.1 Å². The van der Waals surface area contributed by atoms with Gasteiger partial charge in [-0.3, -0.25) is 4.79 Å². The van der Waals surface area contributed by atoms with Gasteiger partial charge >= 0.3 is 0 Å². The summed E-state index contributed by atoms with van der Waals surface area (Å²) in [4.78, 5) is 18.8. The fourth-order valence-corrected chi connectivity index (χ4v) is 8.32. The van der Waals surface area contributed by atoms with Crippen LogP contribution in [0.3, 0.4) is 0 Å². The third kappa shape index (κ3) is 4.33. The fraction of sp³-hybridized carbons (Fsp3) is 0.300. The largest absolute Gasteiger partial charge is 0.349 e. The number of sulfonamides is 1. The standard InChI is InChI=1S/C20H21N3O3S4/c1-2-14-6-3-4-8-18(14)30(25,26)23-13-27-12-16(23)19(24)21-10-15-11-29-20(22-15)17-7-5-9-28-17/h3-9,11,16H,2,10,12-13H2,1H3,(H,21,24)/t16-/m1/s1. The van der Waals surface area contributed by atoms with Gasteiger partial charge in [0.25, 0.3) is 0 Å². The third-order valence-electron chi connectivity index (χ3n) is 4.81. The Morgan fingerprint density at radius 1 is 1.23 bits per heavy atom. The number of aryl methyl sites for hydroxylation is 1. The van der Waals surface area contributed by atoms with Crippen LogP contribution in [0.5, 0.6) is 0 Å². The highest BCUT2D eigenvalue weighted by Gasteiger charge is 2.40. The van der Waals surface area contributed by atoms with Crippen LogP contribution in [0.1, 0.15) is 18.2 Å². The number of hydrogen-bond acceptors (Lipinski definition) is 7. The van der Waals surface area contributed by atoms with Gasteiger partial charge in [-0.05, 0) is 29.5 Å². The van der Waals surface area contributed by atoms with Crippen LogP contribution < -0.4 is 5.32 Å². The Morgan fingerprint density at radius 2 is 2.07 bits per heavy atom. The third-order valence-corrected chi connectivity index (χ3v) is 9.87. The Labute approximate surface area is 188 Å². The van der Waals surface area contributed by atoms with E-state index in [1.165, 1.54) is 27.4 Å². The van der Waals surface area contributed by atoms with Crippen LogP contribution in [-0.4, -0.2) is 41.3 Å². The average molecular weight is 480 g/mol. The molecule has 0 radical (unpaired) electrons. The maximum absolute atomic E-state index is 13.3. The topological polar surface area (TPSA) is 79.4 Å². The maximum atomic E-state index is 13.3. The summed E-state index contributed by atoms with van der Waals surface area (Å²) in [6.45, 7) is 2.21. The molecule has 0 unspecified atom stereocenters. The first kappa shape index (κ1) is 21.5. The molecule has 6 nitrogen and oxygen atoms in total. The molecule has 3 aromatic rings. The molecule has 0 bridgehead atoms. The summed E-state index contributed by atoms with van der Waals surface area (Å²) < 4.78 is 27.8. The van der Waals surface area contributed by atoms with E-state index in [4.69, 9.17) is 0 Å². The van der Waals surface area contributed by atoms with E-state index in [2.05, 4.69) is 10.3 Å². The lowest BCUT2D eigenvalue weighted by molar-refractivity contribution is -0.124. The molecule has 2 aromatic heterocycles. The highest BCUT2D eigenvalue weighted by atomic mass is 32.2. The average Bonchev–Trinajstić information content (AvgIpc) is 3.52. The summed E-state index contributed by atoms with van der Waals surface area (Å²) >= 11 is 4.61. The highest BCUT2D eigenvalue weighted by Crippen LogP contribution is 2.31. The molecule has 0 spiro atoms. The summed E-state index contributed by atoms with van der Waals surface area (Å²) in [5.41, 5.74) is 1.53. The Balaban J connectivity index is 1.46. The Bertz CT molecular complexity index is 1130. The van der Waals surface area contributed by atoms with Crippen molar-refractivity contribution in [1.82, 2.24) is 14.6 Å². The van der Waals surface area contributed by atoms with E-state index in [9.17, 15) is 13.2 Å². The molecule has 1 aliphatic rings. The van der Waals surface area contributed by atoms with Gasteiger partial charge in [0.15, 0.2) is 0 Å². The molecule has 10 heteroatoms. The molecule has 0 aliphatic carbocycles. The number of hydrogen-bond donors (Lipinski definition) is 1. The van der Waals surface area contributed by atoms with Crippen LogP contribution >= 0.6 is 34.4 Å². The molecule has 1 aromatic carbocycles. The molecule has 4 rings (SSSR count). The zero-order valence-corrected chi connectivity index (χ0v) is 19.5. The number of thiazole rings is 1. The zero-order valence-electron chi connectivity index (χ0n) is 16.3. The van der Waals surface area contributed by atoms with E-state index in [1.807, 2.05) is 41.9 Å². The Kier molecular flexibility index (Phi) is 6.59. The molecular weight excluding hydrogens is 459 g/mol. The monoisotopic (exact) mass is 479 g/mol. The predicted molar refractivity (Wildman–Crippen MR) is 123 cm³/mol. The van der Waals surface area contributed by atoms with Crippen molar-refractivity contribution in [2.75, 3.05) is 11.6 Å². The van der Waals surface area contributed by atoms with Crippen LogP contribution in [-0.2, 0) is 27.8 Å². The van der Waals surface area contributed by atoms with Crippen LogP contribution in [0.15, 0.2) is 52.1 Å². The van der Waals surface area contributed by atoms with Gasteiger partial charge in [-0.15, -0.1) is 34.4 Å². The maximum Gasteiger partial charge on any atom is 0.244 e. The van der Waals surface area contributed by atoms with Crippen molar-refractivity contribution in [3.8, 4) is 9.88 Å². The molecule has 158 valence electrons. The minimum absolute atomic E-state index is 0.275. The second-order valence-corrected chi connectivity index (χ2v) is 11.4. The van der Waals surface area contributed by atoms with E-state index in [-0.39, 0.29) is 23.2 Å². The van der Waals surface area contributed by atoms with Crippen molar-refractivity contribution >= 4 is 50.4 Å². The number of carbonyl (C=O) groups is 1. The molecule has 1 aliphatic heterocycles. The number of thiophene rings is 1. The molecule has 1 amide bonds. The first-order valence-electron chi connectivity index (χ1n) is 9.44. The molecule has 3 heterocycles. The van der Waals surface area contributed by atoms with Gasteiger partial charge in [-0.25, -0.2) is 13.4 Å². The molecular formula is C20H21N3O3S4. The van der Waals surface area contributed by atoms with Crippen molar-refractivity contribution in [3.05, 3.63) is 58.4 Å². The first-order valence-corrected chi connectivity index (χ1v) is 13.8. The second-order valence-electron chi connectivity index (χ2n) is 6.71. The van der Waals surface area contributed by atoms with Crippen molar-refractivity contribution in [1.29, 1.82) is 0 Å². The number of thioether (sulfide) groups is 1. The van der Waals surface area contributed by atoms with E-state index in [0.29, 0.717) is 12.2 Å². The van der Waals surface area contributed by atoms with Gasteiger partial charge in [0.05, 0.1) is 27.9 Å². The minimum atomic E-state index is -3.74. The molecule has 0 saturated carbocycles. The zero-order chi connectivity index (χ0) is 21.1. The van der Waals surface area contributed by atoms with Crippen LogP contribution in [0.25, 0.3) is 9.88 Å². The smallest absolute Gasteiger partial charge is 0.244 e.